The van der Waals surface area contributed by atoms with Crippen LogP contribution in [0.1, 0.15) is 48.7 Å². The molecule has 10 heteroatoms. The molecule has 2 aromatic rings. The molecular weight excluding hydrogens is 483 g/mol. The summed E-state index contributed by atoms with van der Waals surface area (Å²) in [4.78, 5) is 29.8. The normalized spacial score (nSPS) is 25.0. The van der Waals surface area contributed by atoms with E-state index in [1.807, 2.05) is 0 Å². The van der Waals surface area contributed by atoms with E-state index in [1.165, 1.54) is 31.5 Å². The first kappa shape index (κ1) is 26.8. The lowest BCUT2D eigenvalue weighted by Crippen LogP contribution is -2.47. The van der Waals surface area contributed by atoms with E-state index >= 15 is 0 Å². The zero-order valence-electron chi connectivity index (χ0n) is 21.0. The minimum atomic E-state index is -1.13. The first-order valence-corrected chi connectivity index (χ1v) is 12.6. The van der Waals surface area contributed by atoms with Crippen molar-refractivity contribution in [1.29, 1.82) is 0 Å². The number of nitrogens with zero attached hydrogens (tertiary/aromatic N) is 1. The number of methoxy groups -OCH3 is 1. The van der Waals surface area contributed by atoms with Gasteiger partial charge in [-0.25, -0.2) is 14.2 Å². The van der Waals surface area contributed by atoms with Crippen molar-refractivity contribution in [1.82, 2.24) is 10.3 Å². The zero-order chi connectivity index (χ0) is 26.4. The Morgan fingerprint density at radius 2 is 1.92 bits per heavy atom. The molecule has 1 saturated carbocycles. The van der Waals surface area contributed by atoms with Crippen LogP contribution in [0.5, 0.6) is 11.5 Å². The molecule has 1 aliphatic heterocycles. The summed E-state index contributed by atoms with van der Waals surface area (Å²) in [6.07, 6.45) is 4.91. The predicted octanol–water partition coefficient (Wildman–Crippen LogP) is 3.18. The quantitative estimate of drug-likeness (QED) is 0.539. The van der Waals surface area contributed by atoms with Crippen LogP contribution in [-0.2, 0) is 25.4 Å². The monoisotopic (exact) mass is 516 g/mol. The van der Waals surface area contributed by atoms with Gasteiger partial charge in [0.15, 0.2) is 23.2 Å². The highest BCUT2D eigenvalue weighted by Gasteiger charge is 2.37. The average Bonchev–Trinajstić information content (AvgIpc) is 3.41. The van der Waals surface area contributed by atoms with Crippen LogP contribution in [0.2, 0.25) is 0 Å². The summed E-state index contributed by atoms with van der Waals surface area (Å²) in [7, 11) is 1.36. The van der Waals surface area contributed by atoms with Crippen LogP contribution in [0, 0.1) is 11.7 Å². The zero-order valence-corrected chi connectivity index (χ0v) is 21.0. The lowest BCUT2D eigenvalue weighted by molar-refractivity contribution is -0.164. The second-order valence-electron chi connectivity index (χ2n) is 9.51. The third-order valence-electron chi connectivity index (χ3n) is 6.82. The minimum Gasteiger partial charge on any atom is -0.503 e. The van der Waals surface area contributed by atoms with Crippen molar-refractivity contribution in [2.24, 2.45) is 5.92 Å². The van der Waals surface area contributed by atoms with Crippen molar-refractivity contribution < 1.29 is 38.0 Å². The van der Waals surface area contributed by atoms with E-state index in [2.05, 4.69) is 10.3 Å². The molecule has 2 aliphatic rings. The molecule has 4 rings (SSSR count). The van der Waals surface area contributed by atoms with Gasteiger partial charge in [0.1, 0.15) is 11.9 Å². The standard InChI is InChI=1S/C27H33FN2O7/c1-16-25(37-20-5-3-4-6-20)18(13-17-7-9-19(28)10-8-17)14-35-15-21(27(33)36-16)30-26(32)23-24(31)22(34-2)11-12-29-23/h7-12,16,18,20-21,25,31H,3-6,13-15H2,1-2H3,(H,30,32). The fourth-order valence-electron chi connectivity index (χ4n) is 4.88. The van der Waals surface area contributed by atoms with Crippen LogP contribution in [0.15, 0.2) is 36.5 Å². The molecule has 2 N–H and O–H groups in total. The number of halogens is 1. The van der Waals surface area contributed by atoms with Crippen molar-refractivity contribution >= 4 is 11.9 Å². The first-order chi connectivity index (χ1) is 17.9. The molecule has 1 aromatic heterocycles. The van der Waals surface area contributed by atoms with E-state index in [0.717, 1.165) is 31.2 Å². The Morgan fingerprint density at radius 1 is 1.19 bits per heavy atom. The van der Waals surface area contributed by atoms with E-state index < -0.39 is 35.9 Å². The molecular formula is C27H33FN2O7. The summed E-state index contributed by atoms with van der Waals surface area (Å²) < 4.78 is 36.7. The van der Waals surface area contributed by atoms with Crippen molar-refractivity contribution in [3.63, 3.8) is 0 Å². The topological polar surface area (TPSA) is 116 Å². The molecule has 4 atom stereocenters. The third kappa shape index (κ3) is 6.75. The second-order valence-corrected chi connectivity index (χ2v) is 9.51. The SMILES string of the molecule is COc1ccnc(C(=O)NC2COCC(Cc3ccc(F)cc3)C(OC3CCCC3)C(C)OC2=O)c1O. The molecule has 4 unspecified atom stereocenters. The Morgan fingerprint density at radius 3 is 2.62 bits per heavy atom. The van der Waals surface area contributed by atoms with Crippen LogP contribution < -0.4 is 10.1 Å². The lowest BCUT2D eigenvalue weighted by Gasteiger charge is -2.33. The molecule has 0 radical (unpaired) electrons. The smallest absolute Gasteiger partial charge is 0.331 e. The molecule has 200 valence electrons. The summed E-state index contributed by atoms with van der Waals surface area (Å²) in [5.41, 5.74) is 0.633. The number of ether oxygens (including phenoxy) is 4. The molecule has 9 nitrogen and oxygen atoms in total. The van der Waals surface area contributed by atoms with Crippen LogP contribution in [-0.4, -0.2) is 66.6 Å². The van der Waals surface area contributed by atoms with Crippen molar-refractivity contribution in [2.75, 3.05) is 20.3 Å². The maximum Gasteiger partial charge on any atom is 0.331 e. The van der Waals surface area contributed by atoms with Crippen LogP contribution in [0.3, 0.4) is 0 Å². The van der Waals surface area contributed by atoms with E-state index in [-0.39, 0.29) is 42.5 Å². The molecule has 1 saturated heterocycles. The molecule has 0 spiro atoms. The first-order valence-electron chi connectivity index (χ1n) is 12.6. The van der Waals surface area contributed by atoms with Gasteiger partial charge in [0.2, 0.25) is 0 Å². The highest BCUT2D eigenvalue weighted by molar-refractivity contribution is 5.98. The Bertz CT molecular complexity index is 1070. The van der Waals surface area contributed by atoms with Crippen LogP contribution in [0.25, 0.3) is 0 Å². The molecule has 2 fully saturated rings. The Kier molecular flexibility index (Phi) is 8.94. The molecule has 0 bridgehead atoms. The average molecular weight is 517 g/mol. The predicted molar refractivity (Wildman–Crippen MR) is 131 cm³/mol. The largest absolute Gasteiger partial charge is 0.503 e. The van der Waals surface area contributed by atoms with Gasteiger partial charge in [-0.05, 0) is 43.9 Å². The fraction of sp³-hybridized carbons (Fsp3) is 0.519. The highest BCUT2D eigenvalue weighted by atomic mass is 19.1. The second kappa shape index (κ2) is 12.3. The van der Waals surface area contributed by atoms with Crippen molar-refractivity contribution in [3.8, 4) is 11.5 Å². The van der Waals surface area contributed by atoms with E-state index in [1.54, 1.807) is 19.1 Å². The summed E-state index contributed by atoms with van der Waals surface area (Å²) in [6, 6.07) is 6.56. The number of benzene rings is 1. The van der Waals surface area contributed by atoms with Gasteiger partial charge in [0.25, 0.3) is 5.91 Å². The summed E-state index contributed by atoms with van der Waals surface area (Å²) >= 11 is 0. The third-order valence-corrected chi connectivity index (χ3v) is 6.82. The summed E-state index contributed by atoms with van der Waals surface area (Å²) in [6.45, 7) is 1.87. The van der Waals surface area contributed by atoms with Gasteiger partial charge in [-0.2, -0.15) is 0 Å². The van der Waals surface area contributed by atoms with Crippen molar-refractivity contribution in [3.05, 3.63) is 53.6 Å². The molecule has 1 aromatic carbocycles. The fourth-order valence-corrected chi connectivity index (χ4v) is 4.88. The number of aromatic nitrogens is 1. The maximum absolute atomic E-state index is 13.5. The summed E-state index contributed by atoms with van der Waals surface area (Å²) in [5, 5.41) is 12.8. The Hall–Kier alpha value is -3.24. The van der Waals surface area contributed by atoms with Gasteiger partial charge in [-0.15, -0.1) is 0 Å². The number of esters is 1. The maximum atomic E-state index is 13.5. The molecule has 37 heavy (non-hydrogen) atoms. The van der Waals surface area contributed by atoms with Gasteiger partial charge in [-0.1, -0.05) is 25.0 Å². The number of carbonyl (C=O) groups is 2. The number of pyridine rings is 1. The number of hydrogen-bond donors (Lipinski definition) is 2. The van der Waals surface area contributed by atoms with Gasteiger partial charge < -0.3 is 29.4 Å². The molecule has 1 aliphatic carbocycles. The van der Waals surface area contributed by atoms with Gasteiger partial charge in [-0.3, -0.25) is 4.79 Å². The molecule has 2 heterocycles. The Labute approximate surface area is 215 Å². The van der Waals surface area contributed by atoms with E-state index in [0.29, 0.717) is 6.42 Å². The van der Waals surface area contributed by atoms with Gasteiger partial charge in [0, 0.05) is 18.2 Å². The highest BCUT2D eigenvalue weighted by Crippen LogP contribution is 2.30. The van der Waals surface area contributed by atoms with E-state index in [9.17, 15) is 19.1 Å². The van der Waals surface area contributed by atoms with E-state index in [4.69, 9.17) is 18.9 Å². The minimum absolute atomic E-state index is 0.0697. The van der Waals surface area contributed by atoms with Crippen LogP contribution >= 0.6 is 0 Å². The summed E-state index contributed by atoms with van der Waals surface area (Å²) in [5.74, 6) is -2.28. The Balaban J connectivity index is 1.51. The number of amides is 1. The van der Waals surface area contributed by atoms with Crippen molar-refractivity contribution in [2.45, 2.75) is 63.4 Å². The number of aromatic hydroxyl groups is 1. The lowest BCUT2D eigenvalue weighted by atomic mass is 9.91. The number of cyclic esters (lactones) is 1. The molecule has 1 amide bonds. The van der Waals surface area contributed by atoms with Gasteiger partial charge >= 0.3 is 5.97 Å². The number of carbonyl (C=O) groups excluding carboxylic acids is 2. The number of nitrogens with one attached hydrogen (secondary N) is 1. The number of hydrogen-bond acceptors (Lipinski definition) is 8. The van der Waals surface area contributed by atoms with Gasteiger partial charge in [0.05, 0.1) is 32.5 Å². The van der Waals surface area contributed by atoms with Crippen LogP contribution in [0.4, 0.5) is 4.39 Å². The number of rotatable bonds is 7.